The van der Waals surface area contributed by atoms with Gasteiger partial charge in [0.05, 0.1) is 7.11 Å². The zero-order valence-electron chi connectivity index (χ0n) is 18.2. The Kier molecular flexibility index (Phi) is 12.9. The van der Waals surface area contributed by atoms with Crippen molar-refractivity contribution in [3.63, 3.8) is 0 Å². The number of benzene rings is 1. The van der Waals surface area contributed by atoms with Gasteiger partial charge >= 0.3 is 17.1 Å². The third kappa shape index (κ3) is 8.12. The van der Waals surface area contributed by atoms with Crippen LogP contribution in [0.1, 0.15) is 31.7 Å². The molecule has 10 radical (unpaired) electrons. The first-order chi connectivity index (χ1) is 13.6. The molecule has 3 rings (SSSR count). The Balaban J connectivity index is 0.000000610. The van der Waals surface area contributed by atoms with Crippen LogP contribution >= 0.6 is 0 Å². The van der Waals surface area contributed by atoms with Crippen molar-refractivity contribution in [2.45, 2.75) is 26.2 Å². The number of hydrogen-bond acceptors (Lipinski definition) is 2. The SMILES string of the molecule is C/C=C(\[C]1[CH][CH][CH][C]1CN(C)C)[C@@H](CC)c1ccc(OC)cc1.[CH]1[CH][CH][CH][CH]1.[Fe+2]. The maximum absolute atomic E-state index is 5.28. The van der Waals surface area contributed by atoms with Crippen molar-refractivity contribution in [3.05, 3.63) is 105 Å². The van der Waals surface area contributed by atoms with Crippen LogP contribution in [0.25, 0.3) is 0 Å². The summed E-state index contributed by atoms with van der Waals surface area (Å²) in [4.78, 5) is 2.22. The zero-order chi connectivity index (χ0) is 20.4. The summed E-state index contributed by atoms with van der Waals surface area (Å²) in [7, 11) is 5.95. The molecule has 3 heteroatoms. The van der Waals surface area contributed by atoms with E-state index in [9.17, 15) is 0 Å². The molecule has 0 bridgehead atoms. The van der Waals surface area contributed by atoms with Crippen LogP contribution in [0.2, 0.25) is 0 Å². The number of methoxy groups -OCH3 is 1. The van der Waals surface area contributed by atoms with Gasteiger partial charge in [-0.25, -0.2) is 0 Å². The summed E-state index contributed by atoms with van der Waals surface area (Å²) in [6.45, 7) is 5.37. The van der Waals surface area contributed by atoms with E-state index in [-0.39, 0.29) is 17.1 Å². The summed E-state index contributed by atoms with van der Waals surface area (Å²) in [5.74, 6) is 4.10. The molecular formula is C26H33FeNO+2. The van der Waals surface area contributed by atoms with Gasteiger partial charge in [-0.1, -0.05) is 30.7 Å². The summed E-state index contributed by atoms with van der Waals surface area (Å²) in [6, 6.07) is 8.48. The maximum atomic E-state index is 5.28. The number of nitrogens with zero attached hydrogens (tertiary/aromatic N) is 1. The molecule has 154 valence electrons. The van der Waals surface area contributed by atoms with Gasteiger partial charge in [-0.2, -0.15) is 0 Å². The number of rotatable bonds is 7. The van der Waals surface area contributed by atoms with Crippen molar-refractivity contribution >= 4 is 0 Å². The standard InChI is InChI=1S/C21H28NO.C5H5.Fe/c1-6-19(16-11-13-18(23-5)14-12-16)20(7-2)21-10-8-9-17(21)15-22(3)4;1-2-4-5-3-1;/h7-14,19H,6,15H2,1-5H3;1-5H;/q;;+2/b20-7-;;/t19-;;/m0../s1. The van der Waals surface area contributed by atoms with Crippen molar-refractivity contribution in [1.29, 1.82) is 0 Å². The Morgan fingerprint density at radius 2 is 1.55 bits per heavy atom. The number of hydrogen-bond donors (Lipinski definition) is 0. The van der Waals surface area contributed by atoms with Gasteiger partial charge in [0.2, 0.25) is 0 Å². The van der Waals surface area contributed by atoms with Gasteiger partial charge < -0.3 is 9.64 Å². The van der Waals surface area contributed by atoms with E-state index in [0.29, 0.717) is 5.92 Å². The Hall–Kier alpha value is -0.761. The quantitative estimate of drug-likeness (QED) is 0.530. The predicted octanol–water partition coefficient (Wildman–Crippen LogP) is 5.49. The minimum atomic E-state index is 0. The Morgan fingerprint density at radius 1 is 0.966 bits per heavy atom. The van der Waals surface area contributed by atoms with Gasteiger partial charge in [0, 0.05) is 24.3 Å². The van der Waals surface area contributed by atoms with Crippen molar-refractivity contribution in [3.8, 4) is 5.75 Å². The molecule has 2 aliphatic rings. The van der Waals surface area contributed by atoms with Gasteiger partial charge in [-0.15, -0.1) is 0 Å². The molecule has 2 fully saturated rings. The fraction of sp³-hybridized carbons (Fsp3) is 0.308. The summed E-state index contributed by atoms with van der Waals surface area (Å²) in [5, 5.41) is 0. The zero-order valence-corrected chi connectivity index (χ0v) is 19.3. The second-order valence-electron chi connectivity index (χ2n) is 7.14. The Morgan fingerprint density at radius 3 is 2.00 bits per heavy atom. The molecule has 0 heterocycles. The molecular weight excluding hydrogens is 398 g/mol. The summed E-state index contributed by atoms with van der Waals surface area (Å²) < 4.78 is 5.28. The topological polar surface area (TPSA) is 12.5 Å². The van der Waals surface area contributed by atoms with Crippen LogP contribution in [0.4, 0.5) is 0 Å². The molecule has 0 N–H and O–H groups in total. The van der Waals surface area contributed by atoms with Crippen LogP contribution in [-0.4, -0.2) is 32.6 Å². The normalized spacial score (nSPS) is 18.9. The molecule has 1 aromatic rings. The van der Waals surface area contributed by atoms with Gasteiger partial charge in [0.1, 0.15) is 5.75 Å². The third-order valence-corrected chi connectivity index (χ3v) is 4.87. The van der Waals surface area contributed by atoms with Gasteiger partial charge in [0.25, 0.3) is 0 Å². The van der Waals surface area contributed by atoms with Crippen LogP contribution in [0.5, 0.6) is 5.75 Å². The monoisotopic (exact) mass is 431 g/mol. The second-order valence-corrected chi connectivity index (χ2v) is 7.14. The molecule has 0 aliphatic heterocycles. The van der Waals surface area contributed by atoms with Crippen molar-refractivity contribution in [2.24, 2.45) is 0 Å². The first kappa shape index (κ1) is 26.3. The molecule has 1 atom stereocenters. The molecule has 2 aliphatic carbocycles. The van der Waals surface area contributed by atoms with Crippen LogP contribution in [0.15, 0.2) is 35.9 Å². The Bertz CT molecular complexity index is 569. The largest absolute Gasteiger partial charge is 2.00 e. The van der Waals surface area contributed by atoms with Gasteiger partial charge in [-0.3, -0.25) is 0 Å². The molecule has 0 unspecified atom stereocenters. The van der Waals surface area contributed by atoms with Gasteiger partial charge in [-0.05, 0) is 96.5 Å². The smallest absolute Gasteiger partial charge is 0.497 e. The second kappa shape index (κ2) is 14.3. The number of allylic oxidation sites excluding steroid dienone is 2. The summed E-state index contributed by atoms with van der Waals surface area (Å²) in [6.07, 6.45) is 20.0. The minimum Gasteiger partial charge on any atom is -0.497 e. The number of ether oxygens (including phenoxy) is 1. The van der Waals surface area contributed by atoms with Crippen LogP contribution in [-0.2, 0) is 17.1 Å². The van der Waals surface area contributed by atoms with E-state index in [0.717, 1.165) is 18.7 Å². The summed E-state index contributed by atoms with van der Waals surface area (Å²) in [5.41, 5.74) is 2.76. The molecule has 2 nitrogen and oxygen atoms in total. The molecule has 2 saturated carbocycles. The average Bonchev–Trinajstić information content (AvgIpc) is 3.41. The van der Waals surface area contributed by atoms with Crippen LogP contribution in [0, 0.1) is 63.2 Å². The predicted molar refractivity (Wildman–Crippen MR) is 119 cm³/mol. The maximum Gasteiger partial charge on any atom is 2.00 e. The van der Waals surface area contributed by atoms with E-state index >= 15 is 0 Å². The summed E-state index contributed by atoms with van der Waals surface area (Å²) >= 11 is 0. The van der Waals surface area contributed by atoms with E-state index < -0.39 is 0 Å². The average molecular weight is 431 g/mol. The first-order valence-electron chi connectivity index (χ1n) is 9.97. The Labute approximate surface area is 191 Å². The molecule has 0 aromatic heterocycles. The molecule has 0 saturated heterocycles. The van der Waals surface area contributed by atoms with Crippen LogP contribution in [0.3, 0.4) is 0 Å². The van der Waals surface area contributed by atoms with E-state index in [1.54, 1.807) is 7.11 Å². The fourth-order valence-corrected chi connectivity index (χ4v) is 3.55. The molecule has 0 amide bonds. The van der Waals surface area contributed by atoms with Crippen LogP contribution < -0.4 is 4.74 Å². The first-order valence-corrected chi connectivity index (χ1v) is 9.97. The van der Waals surface area contributed by atoms with E-state index in [1.807, 2.05) is 32.1 Å². The van der Waals surface area contributed by atoms with Crippen molar-refractivity contribution in [1.82, 2.24) is 4.90 Å². The van der Waals surface area contributed by atoms with E-state index in [1.165, 1.54) is 23.0 Å². The molecule has 0 spiro atoms. The van der Waals surface area contributed by atoms with Gasteiger partial charge in [0.15, 0.2) is 0 Å². The third-order valence-electron chi connectivity index (χ3n) is 4.87. The minimum absolute atomic E-state index is 0. The molecule has 29 heavy (non-hydrogen) atoms. The van der Waals surface area contributed by atoms with Crippen molar-refractivity contribution < 1.29 is 21.8 Å². The fourth-order valence-electron chi connectivity index (χ4n) is 3.55. The van der Waals surface area contributed by atoms with E-state index in [2.05, 4.69) is 82.4 Å². The molecule has 1 aromatic carbocycles. The van der Waals surface area contributed by atoms with Crippen molar-refractivity contribution in [2.75, 3.05) is 27.7 Å². The van der Waals surface area contributed by atoms with E-state index in [4.69, 9.17) is 4.74 Å².